The van der Waals surface area contributed by atoms with Crippen LogP contribution in [0.15, 0.2) is 46.7 Å². The molecule has 1 fully saturated rings. The zero-order valence-corrected chi connectivity index (χ0v) is 16.7. The number of hydrogen-bond acceptors (Lipinski definition) is 6. The lowest BCUT2D eigenvalue weighted by Crippen LogP contribution is -2.49. The third kappa shape index (κ3) is 5.06. The van der Waals surface area contributed by atoms with Gasteiger partial charge in [0.15, 0.2) is 4.96 Å². The summed E-state index contributed by atoms with van der Waals surface area (Å²) in [5, 5.41) is 4.73. The Hall–Kier alpha value is -2.62. The van der Waals surface area contributed by atoms with Gasteiger partial charge in [0.2, 0.25) is 5.91 Å². The van der Waals surface area contributed by atoms with Gasteiger partial charge >= 0.3 is 0 Å². The van der Waals surface area contributed by atoms with Crippen LogP contribution in [0.1, 0.15) is 11.3 Å². The van der Waals surface area contributed by atoms with Crippen molar-refractivity contribution in [3.63, 3.8) is 0 Å². The van der Waals surface area contributed by atoms with Gasteiger partial charge < -0.3 is 5.32 Å². The predicted molar refractivity (Wildman–Crippen MR) is 109 cm³/mol. The van der Waals surface area contributed by atoms with Gasteiger partial charge in [-0.1, -0.05) is 12.1 Å². The molecule has 0 bridgehead atoms. The Balaban J connectivity index is 1.23. The lowest BCUT2D eigenvalue weighted by molar-refractivity contribution is -0.122. The van der Waals surface area contributed by atoms with Crippen molar-refractivity contribution in [1.29, 1.82) is 0 Å². The molecule has 9 heteroatoms. The Labute approximate surface area is 171 Å². The van der Waals surface area contributed by atoms with Crippen molar-refractivity contribution in [2.45, 2.75) is 13.1 Å². The predicted octanol–water partition coefficient (Wildman–Crippen LogP) is 1.33. The number of benzene rings is 1. The normalized spacial score (nSPS) is 15.6. The maximum absolute atomic E-state index is 12.9. The Morgan fingerprint density at radius 2 is 1.86 bits per heavy atom. The lowest BCUT2D eigenvalue weighted by atomic mass is 10.2. The lowest BCUT2D eigenvalue weighted by Gasteiger charge is -2.34. The Morgan fingerprint density at radius 3 is 2.62 bits per heavy atom. The van der Waals surface area contributed by atoms with E-state index in [0.29, 0.717) is 24.6 Å². The summed E-state index contributed by atoms with van der Waals surface area (Å²) in [4.78, 5) is 33.9. The largest absolute Gasteiger partial charge is 0.351 e. The van der Waals surface area contributed by atoms with Gasteiger partial charge in [0, 0.05) is 56.9 Å². The average molecular weight is 415 g/mol. The van der Waals surface area contributed by atoms with E-state index < -0.39 is 0 Å². The van der Waals surface area contributed by atoms with Crippen LogP contribution in [0, 0.1) is 5.82 Å². The van der Waals surface area contributed by atoms with Crippen molar-refractivity contribution >= 4 is 22.2 Å². The van der Waals surface area contributed by atoms with Crippen molar-refractivity contribution in [2.24, 2.45) is 0 Å². The van der Waals surface area contributed by atoms with Gasteiger partial charge in [0.1, 0.15) is 5.82 Å². The summed E-state index contributed by atoms with van der Waals surface area (Å²) >= 11 is 1.45. The van der Waals surface area contributed by atoms with E-state index in [-0.39, 0.29) is 17.3 Å². The molecule has 1 amide bonds. The van der Waals surface area contributed by atoms with Crippen LogP contribution in [0.2, 0.25) is 0 Å². The van der Waals surface area contributed by atoms with Crippen molar-refractivity contribution in [3.8, 4) is 0 Å². The number of amides is 1. The first-order valence-electron chi connectivity index (χ1n) is 9.48. The quantitative estimate of drug-likeness (QED) is 0.658. The van der Waals surface area contributed by atoms with E-state index in [1.807, 2.05) is 5.38 Å². The van der Waals surface area contributed by atoms with Crippen LogP contribution in [-0.4, -0.2) is 57.8 Å². The first-order valence-corrected chi connectivity index (χ1v) is 10.4. The topological polar surface area (TPSA) is 70.0 Å². The van der Waals surface area contributed by atoms with Crippen LogP contribution in [0.4, 0.5) is 4.39 Å². The molecule has 152 valence electrons. The highest BCUT2D eigenvalue weighted by atomic mass is 32.1. The number of nitrogens with one attached hydrogen (secondary N) is 1. The second kappa shape index (κ2) is 8.81. The van der Waals surface area contributed by atoms with E-state index in [2.05, 4.69) is 20.1 Å². The summed E-state index contributed by atoms with van der Waals surface area (Å²) < 4.78 is 14.5. The molecule has 29 heavy (non-hydrogen) atoms. The SMILES string of the molecule is O=C(CN1CCN(Cc2cc(=O)n3ccsc3n2)CC1)NCc1ccc(F)cc1. The van der Waals surface area contributed by atoms with Crippen LogP contribution >= 0.6 is 11.3 Å². The second-order valence-electron chi connectivity index (χ2n) is 7.10. The second-order valence-corrected chi connectivity index (χ2v) is 7.97. The van der Waals surface area contributed by atoms with E-state index in [9.17, 15) is 14.0 Å². The molecule has 0 unspecified atom stereocenters. The van der Waals surface area contributed by atoms with Crippen molar-refractivity contribution in [2.75, 3.05) is 32.7 Å². The number of aromatic nitrogens is 2. The van der Waals surface area contributed by atoms with Gasteiger partial charge in [-0.2, -0.15) is 0 Å². The minimum Gasteiger partial charge on any atom is -0.351 e. The number of piperazine rings is 1. The highest BCUT2D eigenvalue weighted by molar-refractivity contribution is 7.15. The molecule has 1 N–H and O–H groups in total. The van der Waals surface area contributed by atoms with E-state index >= 15 is 0 Å². The summed E-state index contributed by atoms with van der Waals surface area (Å²) in [5.74, 6) is -0.325. The minimum absolute atomic E-state index is 0.0411. The van der Waals surface area contributed by atoms with E-state index in [0.717, 1.165) is 37.4 Å². The molecule has 3 heterocycles. The number of halogens is 1. The number of thiazole rings is 1. The van der Waals surface area contributed by atoms with Crippen LogP contribution in [0.3, 0.4) is 0 Å². The first-order chi connectivity index (χ1) is 14.1. The molecular weight excluding hydrogens is 393 g/mol. The van der Waals surface area contributed by atoms with Crippen molar-refractivity contribution in [3.05, 3.63) is 69.3 Å². The van der Waals surface area contributed by atoms with Gasteiger partial charge in [0.05, 0.1) is 12.2 Å². The molecule has 0 spiro atoms. The molecule has 7 nitrogen and oxygen atoms in total. The summed E-state index contributed by atoms with van der Waals surface area (Å²) in [6.07, 6.45) is 1.74. The number of rotatable bonds is 6. The molecule has 0 aliphatic carbocycles. The summed E-state index contributed by atoms with van der Waals surface area (Å²) in [6, 6.07) is 7.71. The fourth-order valence-electron chi connectivity index (χ4n) is 3.37. The zero-order chi connectivity index (χ0) is 20.2. The van der Waals surface area contributed by atoms with Crippen LogP contribution in [0.25, 0.3) is 4.96 Å². The average Bonchev–Trinajstić information content (AvgIpc) is 3.18. The number of fused-ring (bicyclic) bond motifs is 1. The van der Waals surface area contributed by atoms with Gasteiger partial charge in [0.25, 0.3) is 5.56 Å². The van der Waals surface area contributed by atoms with Crippen LogP contribution in [0.5, 0.6) is 0 Å². The Bertz CT molecular complexity index is 1040. The first kappa shape index (κ1) is 19.7. The fraction of sp³-hybridized carbons (Fsp3) is 0.350. The van der Waals surface area contributed by atoms with Crippen molar-refractivity contribution in [1.82, 2.24) is 24.5 Å². The van der Waals surface area contributed by atoms with Gasteiger partial charge in [-0.15, -0.1) is 11.3 Å². The molecule has 1 aromatic carbocycles. The Kier molecular flexibility index (Phi) is 5.98. The third-order valence-corrected chi connectivity index (χ3v) is 5.73. The smallest absolute Gasteiger partial charge is 0.258 e. The molecule has 1 saturated heterocycles. The molecular formula is C20H22FN5O2S. The van der Waals surface area contributed by atoms with Gasteiger partial charge in [-0.3, -0.25) is 23.8 Å². The number of hydrogen-bond donors (Lipinski definition) is 1. The molecule has 0 atom stereocenters. The van der Waals surface area contributed by atoms with E-state index in [4.69, 9.17) is 0 Å². The molecule has 0 radical (unpaired) electrons. The number of nitrogens with zero attached hydrogens (tertiary/aromatic N) is 4. The third-order valence-electron chi connectivity index (χ3n) is 4.98. The zero-order valence-electron chi connectivity index (χ0n) is 15.9. The molecule has 2 aromatic heterocycles. The monoisotopic (exact) mass is 415 g/mol. The maximum Gasteiger partial charge on any atom is 0.258 e. The minimum atomic E-state index is -0.284. The molecule has 3 aromatic rings. The summed E-state index contributed by atoms with van der Waals surface area (Å²) in [7, 11) is 0. The van der Waals surface area contributed by atoms with Crippen molar-refractivity contribution < 1.29 is 9.18 Å². The number of carbonyl (C=O) groups excluding carboxylic acids is 1. The molecule has 1 aliphatic heterocycles. The summed E-state index contributed by atoms with van der Waals surface area (Å²) in [5.41, 5.74) is 1.60. The van der Waals surface area contributed by atoms with Crippen LogP contribution in [-0.2, 0) is 17.9 Å². The van der Waals surface area contributed by atoms with Gasteiger partial charge in [-0.05, 0) is 17.7 Å². The molecule has 1 aliphatic rings. The van der Waals surface area contributed by atoms with Crippen LogP contribution < -0.4 is 10.9 Å². The highest BCUT2D eigenvalue weighted by Gasteiger charge is 2.19. The molecule has 4 rings (SSSR count). The fourth-order valence-corrected chi connectivity index (χ4v) is 4.10. The number of carbonyl (C=O) groups is 1. The van der Waals surface area contributed by atoms with E-state index in [1.54, 1.807) is 28.8 Å². The maximum atomic E-state index is 12.9. The standard InChI is InChI=1S/C20H22FN5O2S/c21-16-3-1-15(2-4-16)12-22-18(27)14-25-7-5-24(6-8-25)13-17-11-19(28)26-9-10-29-20(26)23-17/h1-4,9-11H,5-8,12-14H2,(H,22,27). The van der Waals surface area contributed by atoms with Gasteiger partial charge in [-0.25, -0.2) is 9.37 Å². The Morgan fingerprint density at radius 1 is 1.14 bits per heavy atom. The summed E-state index contributed by atoms with van der Waals surface area (Å²) in [6.45, 7) is 4.57. The highest BCUT2D eigenvalue weighted by Crippen LogP contribution is 2.10. The van der Waals surface area contributed by atoms with E-state index in [1.165, 1.54) is 23.5 Å². The molecule has 0 saturated carbocycles.